The minimum Gasteiger partial charge on any atom is -0.338 e. The number of hydrogen-bond acceptors (Lipinski definition) is 3. The van der Waals surface area contributed by atoms with Crippen LogP contribution < -0.4 is 14.7 Å². The zero-order valence-electron chi connectivity index (χ0n) is 39.3. The maximum Gasteiger partial charge on any atom is 0.0649 e. The van der Waals surface area contributed by atoms with Gasteiger partial charge in [-0.3, -0.25) is 0 Å². The van der Waals surface area contributed by atoms with Gasteiger partial charge in [0.1, 0.15) is 0 Å². The first-order valence-corrected chi connectivity index (χ1v) is 25.3. The van der Waals surface area contributed by atoms with Crippen LogP contribution in [-0.4, -0.2) is 18.1 Å². The van der Waals surface area contributed by atoms with E-state index in [4.69, 9.17) is 0 Å². The normalized spacial score (nSPS) is 22.5. The summed E-state index contributed by atoms with van der Waals surface area (Å²) in [5.74, 6) is 0.475. The molecule has 12 rings (SSSR count). The van der Waals surface area contributed by atoms with Crippen LogP contribution in [0.1, 0.15) is 51.4 Å². The molecule has 4 atom stereocenters. The standard InChI is InChI=1S/C66H59N3/c1-5-15-48(16-6-1)51-25-35-57(36-26-51)67(58-37-27-52(28-38-58)49-17-7-2-8-18-49)59-39-31-54(32-40-59)55-33-43-61(44-34-55)68(60-41-29-53(30-42-60)50-19-9-3-10-20-50)62-45-46-64-63-23-13-14-24-65(63)69(66(64)47-62)56-21-11-4-12-22-56/h1-7,9-12,14-17,19-22,24-27,29-39,41-43,45-46,52,59,61,66H,8,13,18,23,28,40,44,47H2. The highest BCUT2D eigenvalue weighted by molar-refractivity contribution is 5.73. The van der Waals surface area contributed by atoms with Crippen molar-refractivity contribution in [1.29, 1.82) is 0 Å². The molecule has 0 saturated carbocycles. The first kappa shape index (κ1) is 42.7. The van der Waals surface area contributed by atoms with Crippen LogP contribution >= 0.6 is 0 Å². The van der Waals surface area contributed by atoms with Gasteiger partial charge in [-0.25, -0.2) is 0 Å². The van der Waals surface area contributed by atoms with Crippen LogP contribution in [0, 0.1) is 5.92 Å². The van der Waals surface area contributed by atoms with Crippen LogP contribution in [0.4, 0.5) is 17.1 Å². The maximum atomic E-state index is 2.63. The minimum absolute atomic E-state index is 0.177. The topological polar surface area (TPSA) is 9.72 Å². The summed E-state index contributed by atoms with van der Waals surface area (Å²) in [7, 11) is 0. The van der Waals surface area contributed by atoms with E-state index in [2.05, 4.69) is 251 Å². The molecule has 0 aromatic heterocycles. The Kier molecular flexibility index (Phi) is 11.9. The number of hydrogen-bond donors (Lipinski definition) is 0. The second kappa shape index (κ2) is 19.2. The molecule has 1 aliphatic heterocycles. The number of para-hydroxylation sites is 1. The Bertz CT molecular complexity index is 3090. The molecule has 5 aromatic rings. The van der Waals surface area contributed by atoms with E-state index in [1.807, 2.05) is 0 Å². The molecule has 0 amide bonds. The molecule has 338 valence electrons. The quantitative estimate of drug-likeness (QED) is 0.131. The summed E-state index contributed by atoms with van der Waals surface area (Å²) in [6.45, 7) is 0. The molecular weight excluding hydrogens is 835 g/mol. The largest absolute Gasteiger partial charge is 0.338 e. The van der Waals surface area contributed by atoms with Crippen molar-refractivity contribution < 1.29 is 0 Å². The van der Waals surface area contributed by atoms with E-state index in [0.29, 0.717) is 5.92 Å². The van der Waals surface area contributed by atoms with E-state index in [9.17, 15) is 0 Å². The minimum atomic E-state index is 0.177. The van der Waals surface area contributed by atoms with Crippen molar-refractivity contribution in [3.8, 4) is 22.3 Å². The van der Waals surface area contributed by atoms with E-state index >= 15 is 0 Å². The van der Waals surface area contributed by atoms with Gasteiger partial charge in [-0.1, -0.05) is 188 Å². The van der Waals surface area contributed by atoms with Crippen LogP contribution in [0.5, 0.6) is 0 Å². The second-order valence-corrected chi connectivity index (χ2v) is 19.3. The number of allylic oxidation sites excluding steroid dienone is 15. The van der Waals surface area contributed by atoms with Gasteiger partial charge in [0.2, 0.25) is 0 Å². The average Bonchev–Trinajstić information content (AvgIpc) is 3.77. The number of benzene rings is 5. The summed E-state index contributed by atoms with van der Waals surface area (Å²) >= 11 is 0. The highest BCUT2D eigenvalue weighted by Gasteiger charge is 2.40. The van der Waals surface area contributed by atoms with Crippen LogP contribution in [0.2, 0.25) is 0 Å². The lowest BCUT2D eigenvalue weighted by atomic mass is 9.86. The molecule has 69 heavy (non-hydrogen) atoms. The summed E-state index contributed by atoms with van der Waals surface area (Å²) in [5.41, 5.74) is 19.8. The van der Waals surface area contributed by atoms with Gasteiger partial charge < -0.3 is 14.7 Å². The Balaban J connectivity index is 0.812. The zero-order valence-corrected chi connectivity index (χ0v) is 39.3. The lowest BCUT2D eigenvalue weighted by Gasteiger charge is -2.39. The highest BCUT2D eigenvalue weighted by atomic mass is 15.2. The molecule has 4 unspecified atom stereocenters. The molecule has 7 aliphatic rings. The Hall–Kier alpha value is -7.62. The predicted octanol–water partition coefficient (Wildman–Crippen LogP) is 16.3. The number of nitrogens with zero attached hydrogens (tertiary/aromatic N) is 3. The van der Waals surface area contributed by atoms with Crippen molar-refractivity contribution in [2.45, 2.75) is 69.5 Å². The van der Waals surface area contributed by atoms with Gasteiger partial charge in [-0.15, -0.1) is 0 Å². The molecule has 0 saturated heterocycles. The van der Waals surface area contributed by atoms with Gasteiger partial charge in [-0.05, 0) is 144 Å². The van der Waals surface area contributed by atoms with Gasteiger partial charge in [0.05, 0.1) is 18.1 Å². The fourth-order valence-electron chi connectivity index (χ4n) is 11.6. The fraction of sp³-hybridized carbons (Fsp3) is 0.182. The first-order chi connectivity index (χ1) is 34.2. The first-order valence-electron chi connectivity index (χ1n) is 25.3. The molecule has 0 radical (unpaired) electrons. The van der Waals surface area contributed by atoms with Crippen molar-refractivity contribution in [3.05, 3.63) is 282 Å². The van der Waals surface area contributed by atoms with E-state index in [0.717, 1.165) is 51.4 Å². The summed E-state index contributed by atoms with van der Waals surface area (Å²) in [6.07, 6.45) is 46.7. The van der Waals surface area contributed by atoms with E-state index < -0.39 is 0 Å². The molecule has 6 aliphatic carbocycles. The summed E-state index contributed by atoms with van der Waals surface area (Å²) in [4.78, 5) is 7.80. The SMILES string of the molecule is C1=CCCC(C2C=CC(N(c3ccc(-c4ccccc4)cc3)C3C=CC(C4=CCC(N(C5=CC=C6C7=C(C=CCC7)N(c7ccccc7)C6C5)c5ccc(-c6ccccc6)cc5)C=C4)=CC3)=CC2)=C1. The monoisotopic (exact) mass is 893 g/mol. The third-order valence-electron chi connectivity index (χ3n) is 15.2. The molecule has 3 nitrogen and oxygen atoms in total. The number of anilines is 3. The third kappa shape index (κ3) is 8.63. The smallest absolute Gasteiger partial charge is 0.0649 e. The third-order valence-corrected chi connectivity index (χ3v) is 15.2. The average molecular weight is 894 g/mol. The zero-order chi connectivity index (χ0) is 45.9. The molecule has 0 N–H and O–H groups in total. The molecule has 0 spiro atoms. The van der Waals surface area contributed by atoms with E-state index in [-0.39, 0.29) is 18.1 Å². The van der Waals surface area contributed by atoms with Gasteiger partial charge in [-0.2, -0.15) is 0 Å². The maximum absolute atomic E-state index is 2.63. The van der Waals surface area contributed by atoms with Gasteiger partial charge in [0, 0.05) is 46.5 Å². The summed E-state index contributed by atoms with van der Waals surface area (Å²) in [5, 5.41) is 0. The molecule has 5 aromatic carbocycles. The van der Waals surface area contributed by atoms with Crippen molar-refractivity contribution in [1.82, 2.24) is 0 Å². The van der Waals surface area contributed by atoms with Crippen molar-refractivity contribution >= 4 is 17.1 Å². The summed E-state index contributed by atoms with van der Waals surface area (Å²) < 4.78 is 0. The number of fused-ring (bicyclic) bond motifs is 2. The number of rotatable bonds is 11. The second-order valence-electron chi connectivity index (χ2n) is 19.3. The van der Waals surface area contributed by atoms with Crippen molar-refractivity contribution in [2.24, 2.45) is 5.92 Å². The van der Waals surface area contributed by atoms with Gasteiger partial charge in [0.25, 0.3) is 0 Å². The predicted molar refractivity (Wildman–Crippen MR) is 291 cm³/mol. The summed E-state index contributed by atoms with van der Waals surface area (Å²) in [6, 6.07) is 51.5. The molecule has 0 bridgehead atoms. The molecule has 1 heterocycles. The Morgan fingerprint density at radius 2 is 1.07 bits per heavy atom. The van der Waals surface area contributed by atoms with Gasteiger partial charge >= 0.3 is 0 Å². The lowest BCUT2D eigenvalue weighted by Crippen LogP contribution is -2.39. The van der Waals surface area contributed by atoms with Gasteiger partial charge in [0.15, 0.2) is 0 Å². The highest BCUT2D eigenvalue weighted by Crippen LogP contribution is 2.47. The molecule has 0 fully saturated rings. The fourth-order valence-corrected chi connectivity index (χ4v) is 11.6. The Labute approximate surface area is 409 Å². The molecule has 3 heteroatoms. The molecular formula is C66H59N3. The van der Waals surface area contributed by atoms with Crippen LogP contribution in [0.25, 0.3) is 22.3 Å². The van der Waals surface area contributed by atoms with Crippen LogP contribution in [-0.2, 0) is 0 Å². The van der Waals surface area contributed by atoms with E-state index in [1.165, 1.54) is 78.7 Å². The van der Waals surface area contributed by atoms with Crippen molar-refractivity contribution in [2.75, 3.05) is 14.7 Å². The van der Waals surface area contributed by atoms with Crippen molar-refractivity contribution in [3.63, 3.8) is 0 Å². The Morgan fingerprint density at radius 1 is 0.478 bits per heavy atom. The Morgan fingerprint density at radius 3 is 1.65 bits per heavy atom. The van der Waals surface area contributed by atoms with Crippen LogP contribution in [0.3, 0.4) is 0 Å². The van der Waals surface area contributed by atoms with Crippen LogP contribution in [0.15, 0.2) is 282 Å². The lowest BCUT2D eigenvalue weighted by molar-refractivity contribution is 0.668. The van der Waals surface area contributed by atoms with E-state index in [1.54, 1.807) is 5.57 Å².